The van der Waals surface area contributed by atoms with Crippen LogP contribution in [0.4, 0.5) is 4.39 Å². The largest absolute Gasteiger partial charge is 0.507 e. The predicted molar refractivity (Wildman–Crippen MR) is 67.0 cm³/mol. The lowest BCUT2D eigenvalue weighted by Crippen LogP contribution is -2.38. The molecule has 1 saturated carbocycles. The van der Waals surface area contributed by atoms with E-state index in [4.69, 9.17) is 0 Å². The van der Waals surface area contributed by atoms with Crippen molar-refractivity contribution in [3.05, 3.63) is 29.6 Å². The van der Waals surface area contributed by atoms with Gasteiger partial charge in [-0.2, -0.15) is 0 Å². The number of hydrogen-bond donors (Lipinski definition) is 1. The number of rotatable bonds is 3. The van der Waals surface area contributed by atoms with Gasteiger partial charge in [-0.1, -0.05) is 12.8 Å². The molecule has 98 valence electrons. The third-order valence-electron chi connectivity index (χ3n) is 3.56. The fraction of sp³-hybridized carbons (Fsp3) is 0.500. The number of nitrogens with zero attached hydrogens (tertiary/aromatic N) is 1. The molecule has 0 bridgehead atoms. The lowest BCUT2D eigenvalue weighted by Gasteiger charge is -2.28. The van der Waals surface area contributed by atoms with Crippen molar-refractivity contribution in [2.24, 2.45) is 0 Å². The van der Waals surface area contributed by atoms with Crippen LogP contribution in [0.2, 0.25) is 0 Å². The van der Waals surface area contributed by atoms with Crippen LogP contribution >= 0.6 is 0 Å². The second-order valence-electron chi connectivity index (χ2n) is 4.69. The molecule has 0 saturated heterocycles. The second kappa shape index (κ2) is 5.38. The molecule has 2 rings (SSSR count). The van der Waals surface area contributed by atoms with Crippen molar-refractivity contribution in [1.29, 1.82) is 0 Å². The maximum Gasteiger partial charge on any atom is 0.257 e. The van der Waals surface area contributed by atoms with E-state index in [0.717, 1.165) is 31.7 Å². The molecule has 1 aliphatic carbocycles. The van der Waals surface area contributed by atoms with Crippen molar-refractivity contribution >= 4 is 5.91 Å². The summed E-state index contributed by atoms with van der Waals surface area (Å²) in [4.78, 5) is 14.1. The summed E-state index contributed by atoms with van der Waals surface area (Å²) in [5.74, 6) is -1.02. The minimum absolute atomic E-state index is 0.185. The fourth-order valence-corrected chi connectivity index (χ4v) is 2.62. The highest BCUT2D eigenvalue weighted by Crippen LogP contribution is 2.27. The van der Waals surface area contributed by atoms with Crippen LogP contribution < -0.4 is 0 Å². The summed E-state index contributed by atoms with van der Waals surface area (Å²) < 4.78 is 12.9. The first-order chi connectivity index (χ1) is 8.63. The Kier molecular flexibility index (Phi) is 3.84. The zero-order chi connectivity index (χ0) is 13.1. The molecule has 0 atom stereocenters. The first-order valence-electron chi connectivity index (χ1n) is 6.43. The van der Waals surface area contributed by atoms with E-state index in [-0.39, 0.29) is 23.3 Å². The van der Waals surface area contributed by atoms with Crippen molar-refractivity contribution in [3.8, 4) is 5.75 Å². The zero-order valence-electron chi connectivity index (χ0n) is 10.5. The van der Waals surface area contributed by atoms with Crippen molar-refractivity contribution in [1.82, 2.24) is 4.90 Å². The zero-order valence-corrected chi connectivity index (χ0v) is 10.5. The number of phenols is 1. The molecule has 0 unspecified atom stereocenters. The maximum absolute atomic E-state index is 12.9. The van der Waals surface area contributed by atoms with Gasteiger partial charge in [0, 0.05) is 18.7 Å². The summed E-state index contributed by atoms with van der Waals surface area (Å²) in [6, 6.07) is 3.79. The van der Waals surface area contributed by atoms with E-state index in [9.17, 15) is 14.3 Å². The van der Waals surface area contributed by atoms with Gasteiger partial charge >= 0.3 is 0 Å². The number of benzene rings is 1. The topological polar surface area (TPSA) is 40.5 Å². The fourth-order valence-electron chi connectivity index (χ4n) is 2.62. The van der Waals surface area contributed by atoms with Gasteiger partial charge in [0.05, 0.1) is 5.56 Å². The summed E-state index contributed by atoms with van der Waals surface area (Å²) in [7, 11) is 0. The van der Waals surface area contributed by atoms with Gasteiger partial charge in [0.25, 0.3) is 5.91 Å². The molecule has 0 radical (unpaired) electrons. The van der Waals surface area contributed by atoms with E-state index < -0.39 is 5.82 Å². The van der Waals surface area contributed by atoms with Crippen LogP contribution in [0.3, 0.4) is 0 Å². The smallest absolute Gasteiger partial charge is 0.257 e. The van der Waals surface area contributed by atoms with Gasteiger partial charge in [-0.05, 0) is 31.9 Å². The van der Waals surface area contributed by atoms with E-state index >= 15 is 0 Å². The first-order valence-corrected chi connectivity index (χ1v) is 6.43. The van der Waals surface area contributed by atoms with Gasteiger partial charge in [-0.25, -0.2) is 4.39 Å². The number of phenolic OH excluding ortho intramolecular Hbond substituents is 1. The van der Waals surface area contributed by atoms with E-state index in [1.54, 1.807) is 4.90 Å². The molecule has 0 spiro atoms. The summed E-state index contributed by atoms with van der Waals surface area (Å²) in [6.07, 6.45) is 4.32. The molecule has 0 aliphatic heterocycles. The quantitative estimate of drug-likeness (QED) is 0.897. The molecule has 18 heavy (non-hydrogen) atoms. The molecule has 1 aromatic carbocycles. The third kappa shape index (κ3) is 2.47. The van der Waals surface area contributed by atoms with Crippen LogP contribution in [0.25, 0.3) is 0 Å². The van der Waals surface area contributed by atoms with Crippen molar-refractivity contribution in [2.75, 3.05) is 6.54 Å². The molecule has 3 nitrogen and oxygen atoms in total. The van der Waals surface area contributed by atoms with Gasteiger partial charge < -0.3 is 10.0 Å². The maximum atomic E-state index is 12.9. The summed E-state index contributed by atoms with van der Waals surface area (Å²) >= 11 is 0. The summed E-state index contributed by atoms with van der Waals surface area (Å²) in [6.45, 7) is 2.54. The van der Waals surface area contributed by atoms with Gasteiger partial charge in [0.2, 0.25) is 0 Å². The van der Waals surface area contributed by atoms with E-state index in [1.165, 1.54) is 12.1 Å². The predicted octanol–water partition coefficient (Wildman–Crippen LogP) is 2.94. The van der Waals surface area contributed by atoms with E-state index in [2.05, 4.69) is 0 Å². The summed E-state index contributed by atoms with van der Waals surface area (Å²) in [5.41, 5.74) is 0.185. The van der Waals surface area contributed by atoms with Crippen LogP contribution in [0.5, 0.6) is 5.75 Å². The number of halogens is 1. The van der Waals surface area contributed by atoms with E-state index in [0.29, 0.717) is 6.54 Å². The minimum atomic E-state index is -0.534. The molecule has 1 N–H and O–H groups in total. The van der Waals surface area contributed by atoms with Crippen LogP contribution in [-0.4, -0.2) is 28.5 Å². The highest BCUT2D eigenvalue weighted by atomic mass is 19.1. The number of aromatic hydroxyl groups is 1. The number of hydrogen-bond acceptors (Lipinski definition) is 2. The molecule has 4 heteroatoms. The van der Waals surface area contributed by atoms with Gasteiger partial charge in [0.1, 0.15) is 11.6 Å². The van der Waals surface area contributed by atoms with Crippen molar-refractivity contribution in [2.45, 2.75) is 38.6 Å². The van der Waals surface area contributed by atoms with Crippen LogP contribution in [0.15, 0.2) is 18.2 Å². The minimum Gasteiger partial charge on any atom is -0.507 e. The Labute approximate surface area is 106 Å². The second-order valence-corrected chi connectivity index (χ2v) is 4.69. The Morgan fingerprint density at radius 1 is 1.44 bits per heavy atom. The lowest BCUT2D eigenvalue weighted by atomic mass is 10.1. The SMILES string of the molecule is CCN(C(=O)c1ccc(F)cc1O)C1CCCC1. The van der Waals surface area contributed by atoms with Gasteiger partial charge in [-0.15, -0.1) is 0 Å². The highest BCUT2D eigenvalue weighted by Gasteiger charge is 2.27. The monoisotopic (exact) mass is 251 g/mol. The molecule has 0 heterocycles. The van der Waals surface area contributed by atoms with Crippen molar-refractivity contribution in [3.63, 3.8) is 0 Å². The van der Waals surface area contributed by atoms with Gasteiger partial charge in [0.15, 0.2) is 0 Å². The van der Waals surface area contributed by atoms with Crippen LogP contribution in [0, 0.1) is 5.82 Å². The number of carbonyl (C=O) groups excluding carboxylic acids is 1. The highest BCUT2D eigenvalue weighted by molar-refractivity contribution is 5.97. The number of carbonyl (C=O) groups is 1. The molecule has 0 aromatic heterocycles. The Bertz CT molecular complexity index is 441. The van der Waals surface area contributed by atoms with Gasteiger partial charge in [-0.3, -0.25) is 4.79 Å². The molecule has 1 amide bonds. The first kappa shape index (κ1) is 12.9. The average molecular weight is 251 g/mol. The number of amides is 1. The van der Waals surface area contributed by atoms with Crippen LogP contribution in [0.1, 0.15) is 43.0 Å². The Morgan fingerprint density at radius 3 is 2.67 bits per heavy atom. The summed E-state index contributed by atoms with van der Waals surface area (Å²) in [5, 5.41) is 9.66. The van der Waals surface area contributed by atoms with Crippen molar-refractivity contribution < 1.29 is 14.3 Å². The molecule has 1 fully saturated rings. The Morgan fingerprint density at radius 2 is 2.11 bits per heavy atom. The molecular weight excluding hydrogens is 233 g/mol. The third-order valence-corrected chi connectivity index (χ3v) is 3.56. The standard InChI is InChI=1S/C14H18FNO2/c1-2-16(11-5-3-4-6-11)14(18)12-8-7-10(15)9-13(12)17/h7-9,11,17H,2-6H2,1H3. The lowest BCUT2D eigenvalue weighted by molar-refractivity contribution is 0.0690. The molecule has 1 aliphatic rings. The molecule has 1 aromatic rings. The Balaban J connectivity index is 2.22. The molecular formula is C14H18FNO2. The average Bonchev–Trinajstić information content (AvgIpc) is 2.83. The normalized spacial score (nSPS) is 15.9. The van der Waals surface area contributed by atoms with Crippen LogP contribution in [-0.2, 0) is 0 Å². The van der Waals surface area contributed by atoms with E-state index in [1.807, 2.05) is 6.92 Å². The Hall–Kier alpha value is -1.58.